The van der Waals surface area contributed by atoms with Crippen LogP contribution in [-0.4, -0.2) is 51.8 Å². The van der Waals surface area contributed by atoms with Crippen LogP contribution in [0.4, 0.5) is 10.6 Å². The van der Waals surface area contributed by atoms with Gasteiger partial charge < -0.3 is 4.90 Å². The molecule has 3 heterocycles. The first kappa shape index (κ1) is 15.3. The Morgan fingerprint density at radius 3 is 2.68 bits per heavy atom. The van der Waals surface area contributed by atoms with Gasteiger partial charge in [0, 0.05) is 56.9 Å². The zero-order valence-electron chi connectivity index (χ0n) is 12.3. The number of nitrogens with one attached hydrogen (secondary N) is 1. The molecule has 0 aromatic carbocycles. The molecule has 1 N–H and O–H groups in total. The van der Waals surface area contributed by atoms with Crippen LogP contribution in [0.2, 0.25) is 4.34 Å². The van der Waals surface area contributed by atoms with Crippen molar-refractivity contribution in [2.24, 2.45) is 7.05 Å². The Labute approximate surface area is 138 Å². The number of hydrogen-bond acceptors (Lipinski definition) is 4. The van der Waals surface area contributed by atoms with Crippen LogP contribution >= 0.6 is 22.9 Å². The number of hydrogen-bond donors (Lipinski definition) is 1. The van der Waals surface area contributed by atoms with E-state index in [1.54, 1.807) is 28.3 Å². The van der Waals surface area contributed by atoms with Gasteiger partial charge in [-0.15, -0.1) is 11.3 Å². The van der Waals surface area contributed by atoms with E-state index in [0.717, 1.165) is 37.1 Å². The second-order valence-corrected chi connectivity index (χ2v) is 7.07. The summed E-state index contributed by atoms with van der Waals surface area (Å²) in [5.41, 5.74) is 0. The fourth-order valence-electron chi connectivity index (χ4n) is 2.44. The van der Waals surface area contributed by atoms with Gasteiger partial charge in [-0.3, -0.25) is 14.9 Å². The number of urea groups is 1. The molecule has 8 heteroatoms. The van der Waals surface area contributed by atoms with E-state index < -0.39 is 0 Å². The van der Waals surface area contributed by atoms with Crippen LogP contribution in [0, 0.1) is 0 Å². The van der Waals surface area contributed by atoms with Crippen molar-refractivity contribution in [1.82, 2.24) is 19.6 Å². The molecule has 6 nitrogen and oxygen atoms in total. The monoisotopic (exact) mass is 339 g/mol. The molecular formula is C14H18ClN5OS. The van der Waals surface area contributed by atoms with E-state index >= 15 is 0 Å². The van der Waals surface area contributed by atoms with Gasteiger partial charge in [0.2, 0.25) is 0 Å². The molecule has 1 fully saturated rings. The number of amides is 2. The van der Waals surface area contributed by atoms with Crippen LogP contribution in [-0.2, 0) is 13.6 Å². The quantitative estimate of drug-likeness (QED) is 0.934. The lowest BCUT2D eigenvalue weighted by Crippen LogP contribution is -2.49. The van der Waals surface area contributed by atoms with Crippen molar-refractivity contribution in [3.05, 3.63) is 33.6 Å². The van der Waals surface area contributed by atoms with E-state index in [4.69, 9.17) is 11.6 Å². The van der Waals surface area contributed by atoms with Crippen LogP contribution in [0.15, 0.2) is 24.4 Å². The molecule has 0 saturated carbocycles. The number of aromatic nitrogens is 2. The van der Waals surface area contributed by atoms with Crippen LogP contribution in [0.5, 0.6) is 0 Å². The van der Waals surface area contributed by atoms with E-state index in [0.29, 0.717) is 5.82 Å². The molecule has 22 heavy (non-hydrogen) atoms. The molecule has 1 aliphatic rings. The molecule has 3 rings (SSSR count). The van der Waals surface area contributed by atoms with Crippen molar-refractivity contribution in [2.75, 3.05) is 31.5 Å². The fourth-order valence-corrected chi connectivity index (χ4v) is 3.57. The average Bonchev–Trinajstić information content (AvgIpc) is 3.08. The normalized spacial score (nSPS) is 16.0. The third-order valence-electron chi connectivity index (χ3n) is 3.62. The van der Waals surface area contributed by atoms with Crippen LogP contribution in [0.25, 0.3) is 0 Å². The zero-order chi connectivity index (χ0) is 15.5. The second-order valence-electron chi connectivity index (χ2n) is 5.27. The molecule has 0 bridgehead atoms. The highest BCUT2D eigenvalue weighted by Gasteiger charge is 2.21. The predicted octanol–water partition coefficient (Wildman–Crippen LogP) is 2.48. The molecule has 2 amide bonds. The third kappa shape index (κ3) is 3.79. The molecule has 0 spiro atoms. The number of carbonyl (C=O) groups excluding carboxylic acids is 1. The number of rotatable bonds is 3. The van der Waals surface area contributed by atoms with Crippen molar-refractivity contribution >= 4 is 34.8 Å². The molecular weight excluding hydrogens is 322 g/mol. The van der Waals surface area contributed by atoms with Crippen molar-refractivity contribution in [3.8, 4) is 0 Å². The first-order valence-corrected chi connectivity index (χ1v) is 8.32. The summed E-state index contributed by atoms with van der Waals surface area (Å²) in [5, 5.41) is 6.98. The van der Waals surface area contributed by atoms with E-state index in [9.17, 15) is 4.79 Å². The van der Waals surface area contributed by atoms with E-state index in [1.807, 2.05) is 18.0 Å². The van der Waals surface area contributed by atoms with Crippen molar-refractivity contribution in [1.29, 1.82) is 0 Å². The van der Waals surface area contributed by atoms with Gasteiger partial charge in [-0.05, 0) is 12.1 Å². The van der Waals surface area contributed by atoms with Crippen molar-refractivity contribution in [3.63, 3.8) is 0 Å². The number of piperazine rings is 1. The van der Waals surface area contributed by atoms with Crippen molar-refractivity contribution < 1.29 is 4.79 Å². The van der Waals surface area contributed by atoms with Gasteiger partial charge in [-0.25, -0.2) is 4.79 Å². The maximum absolute atomic E-state index is 12.2. The Bertz CT molecular complexity index is 647. The molecule has 0 atom stereocenters. The lowest BCUT2D eigenvalue weighted by atomic mass is 10.3. The molecule has 1 saturated heterocycles. The number of carbonyl (C=O) groups is 1. The van der Waals surface area contributed by atoms with Gasteiger partial charge in [0.1, 0.15) is 0 Å². The predicted molar refractivity (Wildman–Crippen MR) is 88.4 cm³/mol. The Kier molecular flexibility index (Phi) is 4.66. The molecule has 0 aliphatic carbocycles. The van der Waals surface area contributed by atoms with Crippen LogP contribution in [0.3, 0.4) is 0 Å². The van der Waals surface area contributed by atoms with Gasteiger partial charge in [-0.2, -0.15) is 5.10 Å². The van der Waals surface area contributed by atoms with Gasteiger partial charge in [0.05, 0.1) is 4.34 Å². The molecule has 2 aromatic rings. The highest BCUT2D eigenvalue weighted by Crippen LogP contribution is 2.23. The number of aryl methyl sites for hydroxylation is 1. The first-order chi connectivity index (χ1) is 10.6. The number of anilines is 1. The van der Waals surface area contributed by atoms with E-state index in [2.05, 4.69) is 21.4 Å². The Hall–Kier alpha value is -1.57. The summed E-state index contributed by atoms with van der Waals surface area (Å²) in [6, 6.07) is 5.69. The summed E-state index contributed by atoms with van der Waals surface area (Å²) in [5.74, 6) is 0.586. The minimum absolute atomic E-state index is 0.0856. The highest BCUT2D eigenvalue weighted by molar-refractivity contribution is 7.16. The Morgan fingerprint density at radius 1 is 1.32 bits per heavy atom. The molecule has 0 radical (unpaired) electrons. The van der Waals surface area contributed by atoms with E-state index in [-0.39, 0.29) is 6.03 Å². The Balaban J connectivity index is 1.47. The third-order valence-corrected chi connectivity index (χ3v) is 4.83. The zero-order valence-corrected chi connectivity index (χ0v) is 13.9. The lowest BCUT2D eigenvalue weighted by Gasteiger charge is -2.34. The number of halogens is 1. The molecule has 1 aliphatic heterocycles. The summed E-state index contributed by atoms with van der Waals surface area (Å²) < 4.78 is 2.49. The maximum atomic E-state index is 12.2. The van der Waals surface area contributed by atoms with Gasteiger partial charge in [-0.1, -0.05) is 11.6 Å². The van der Waals surface area contributed by atoms with Crippen LogP contribution in [0.1, 0.15) is 4.88 Å². The molecule has 0 unspecified atom stereocenters. The highest BCUT2D eigenvalue weighted by atomic mass is 35.5. The SMILES string of the molecule is Cn1ccc(NC(=O)N2CCN(Cc3ccc(Cl)s3)CC2)n1. The fraction of sp³-hybridized carbons (Fsp3) is 0.429. The topological polar surface area (TPSA) is 53.4 Å². The van der Waals surface area contributed by atoms with Gasteiger partial charge >= 0.3 is 6.03 Å². The Morgan fingerprint density at radius 2 is 2.09 bits per heavy atom. The van der Waals surface area contributed by atoms with Gasteiger partial charge in [0.15, 0.2) is 5.82 Å². The summed E-state index contributed by atoms with van der Waals surface area (Å²) in [7, 11) is 1.82. The molecule has 118 valence electrons. The summed E-state index contributed by atoms with van der Waals surface area (Å²) in [6.45, 7) is 4.07. The smallest absolute Gasteiger partial charge is 0.322 e. The minimum atomic E-state index is -0.0856. The summed E-state index contributed by atoms with van der Waals surface area (Å²) in [6.07, 6.45) is 1.81. The maximum Gasteiger partial charge on any atom is 0.323 e. The molecule has 2 aromatic heterocycles. The lowest BCUT2D eigenvalue weighted by molar-refractivity contribution is 0.143. The standard InChI is InChI=1S/C14H18ClN5OS/c1-18-5-4-13(17-18)16-14(21)20-8-6-19(7-9-20)10-11-2-3-12(15)22-11/h2-5H,6-10H2,1H3,(H,16,17,21). The number of nitrogens with zero attached hydrogens (tertiary/aromatic N) is 4. The summed E-state index contributed by atoms with van der Waals surface area (Å²) in [4.78, 5) is 17.6. The largest absolute Gasteiger partial charge is 0.323 e. The van der Waals surface area contributed by atoms with E-state index in [1.165, 1.54) is 4.88 Å². The van der Waals surface area contributed by atoms with Crippen LogP contribution < -0.4 is 5.32 Å². The van der Waals surface area contributed by atoms with Crippen molar-refractivity contribution in [2.45, 2.75) is 6.54 Å². The second kappa shape index (κ2) is 6.68. The first-order valence-electron chi connectivity index (χ1n) is 7.12. The van der Waals surface area contributed by atoms with Gasteiger partial charge in [0.25, 0.3) is 0 Å². The minimum Gasteiger partial charge on any atom is -0.322 e. The summed E-state index contributed by atoms with van der Waals surface area (Å²) >= 11 is 7.57. The average molecular weight is 340 g/mol. The number of thiophene rings is 1.